The maximum atomic E-state index is 11.7. The Kier molecular flexibility index (Phi) is 9.15. The topological polar surface area (TPSA) is 129 Å². The molecule has 2 saturated heterocycles. The predicted molar refractivity (Wildman–Crippen MR) is 164 cm³/mol. The van der Waals surface area contributed by atoms with Crippen molar-refractivity contribution in [1.82, 2.24) is 19.8 Å². The van der Waals surface area contributed by atoms with Gasteiger partial charge in [-0.1, -0.05) is 29.8 Å². The summed E-state index contributed by atoms with van der Waals surface area (Å²) < 4.78 is 29.1. The molecule has 41 heavy (non-hydrogen) atoms. The molecule has 2 fully saturated rings. The number of hydrogen-bond donors (Lipinski definition) is 3. The number of rotatable bonds is 9. The number of piperidine rings is 1. The van der Waals surface area contributed by atoms with Crippen LogP contribution < -0.4 is 25.4 Å². The first-order valence-electron chi connectivity index (χ1n) is 13.7. The number of sulfonamides is 1. The van der Waals surface area contributed by atoms with Gasteiger partial charge in [-0.2, -0.15) is 4.98 Å². The lowest BCUT2D eigenvalue weighted by atomic mass is 10.0. The molecule has 13 heteroatoms. The molecule has 2 aromatic carbocycles. The minimum atomic E-state index is -3.72. The summed E-state index contributed by atoms with van der Waals surface area (Å²) in [5, 5.41) is 11.9. The molecule has 2 aliphatic rings. The minimum absolute atomic E-state index is 0.280. The quantitative estimate of drug-likeness (QED) is 0.335. The van der Waals surface area contributed by atoms with Crippen molar-refractivity contribution >= 4 is 50.5 Å². The van der Waals surface area contributed by atoms with E-state index in [2.05, 4.69) is 48.4 Å². The van der Waals surface area contributed by atoms with Crippen molar-refractivity contribution in [2.24, 2.45) is 5.14 Å². The summed E-state index contributed by atoms with van der Waals surface area (Å²) in [6, 6.07) is 13.7. The molecule has 1 aromatic heterocycles. The zero-order valence-corrected chi connectivity index (χ0v) is 25.0. The molecule has 0 unspecified atom stereocenters. The number of aromatic nitrogens is 2. The molecule has 0 atom stereocenters. The van der Waals surface area contributed by atoms with E-state index in [1.165, 1.54) is 32.1 Å². The zero-order valence-electron chi connectivity index (χ0n) is 23.4. The van der Waals surface area contributed by atoms with Crippen LogP contribution in [0.4, 0.5) is 28.8 Å². The number of nitrogens with zero attached hydrogens (tertiary/aromatic N) is 5. The molecule has 0 saturated carbocycles. The second-order valence-corrected chi connectivity index (χ2v) is 12.6. The molecular formula is C28H37ClN8O3S. The molecule has 3 heterocycles. The Hall–Kier alpha value is -3.16. The van der Waals surface area contributed by atoms with Crippen molar-refractivity contribution in [1.29, 1.82) is 0 Å². The minimum Gasteiger partial charge on any atom is -0.494 e. The smallest absolute Gasteiger partial charge is 0.229 e. The Morgan fingerprint density at radius 2 is 1.76 bits per heavy atom. The number of nitrogens with one attached hydrogen (secondary N) is 2. The number of primary sulfonamides is 1. The number of likely N-dealkylation sites (tertiary alicyclic amines) is 1. The van der Waals surface area contributed by atoms with E-state index < -0.39 is 10.0 Å². The number of anilines is 5. The van der Waals surface area contributed by atoms with E-state index in [1.807, 2.05) is 12.1 Å². The summed E-state index contributed by atoms with van der Waals surface area (Å²) in [5.74, 6) is 0.982. The van der Waals surface area contributed by atoms with Crippen molar-refractivity contribution in [3.63, 3.8) is 0 Å². The lowest BCUT2D eigenvalue weighted by Crippen LogP contribution is -2.53. The largest absolute Gasteiger partial charge is 0.494 e. The standard InChI is InChI=1S/C28H37ClN8O3S/c1-35-11-9-21(10-12-35)36-13-15-37(16-14-36)22-7-8-25(26(17-22)40-2)33-28-31-18-23(29)27(34-28)32-24-6-4-3-5-20(24)19-41(30,38)39/h3-8,17-18,21H,9-16,19H2,1-2H3,(H2,30,38,39)(H2,31,32,33,34). The molecule has 0 bridgehead atoms. The van der Waals surface area contributed by atoms with E-state index in [4.69, 9.17) is 21.5 Å². The molecule has 2 aliphatic heterocycles. The highest BCUT2D eigenvalue weighted by Crippen LogP contribution is 2.33. The van der Waals surface area contributed by atoms with Crippen LogP contribution in [0.3, 0.4) is 0 Å². The van der Waals surface area contributed by atoms with Gasteiger partial charge in [-0.3, -0.25) is 4.90 Å². The van der Waals surface area contributed by atoms with Crippen molar-refractivity contribution in [3.8, 4) is 5.75 Å². The van der Waals surface area contributed by atoms with Gasteiger partial charge in [-0.05, 0) is 56.7 Å². The summed E-state index contributed by atoms with van der Waals surface area (Å²) in [6.07, 6.45) is 3.97. The van der Waals surface area contributed by atoms with Crippen LogP contribution in [0.5, 0.6) is 5.75 Å². The van der Waals surface area contributed by atoms with Crippen LogP contribution >= 0.6 is 11.6 Å². The summed E-state index contributed by atoms with van der Waals surface area (Å²) in [7, 11) is 0.123. The number of halogens is 1. The fraction of sp³-hybridized carbons (Fsp3) is 0.429. The Bertz CT molecular complexity index is 1460. The van der Waals surface area contributed by atoms with Gasteiger partial charge in [-0.25, -0.2) is 18.5 Å². The highest BCUT2D eigenvalue weighted by molar-refractivity contribution is 7.88. The molecule has 0 spiro atoms. The number of para-hydroxylation sites is 1. The fourth-order valence-corrected chi connectivity index (χ4v) is 6.26. The number of hydrogen-bond acceptors (Lipinski definition) is 10. The first-order valence-corrected chi connectivity index (χ1v) is 15.8. The Labute approximate surface area is 246 Å². The van der Waals surface area contributed by atoms with Crippen LogP contribution in [-0.4, -0.2) is 87.7 Å². The van der Waals surface area contributed by atoms with Gasteiger partial charge in [0.1, 0.15) is 10.8 Å². The Balaban J connectivity index is 1.26. The van der Waals surface area contributed by atoms with E-state index in [1.54, 1.807) is 31.4 Å². The van der Waals surface area contributed by atoms with Crippen LogP contribution in [-0.2, 0) is 15.8 Å². The number of benzene rings is 2. The second-order valence-electron chi connectivity index (χ2n) is 10.5. The Morgan fingerprint density at radius 3 is 2.46 bits per heavy atom. The van der Waals surface area contributed by atoms with E-state index in [0.717, 1.165) is 31.9 Å². The molecule has 5 rings (SSSR count). The van der Waals surface area contributed by atoms with Crippen molar-refractivity contribution in [3.05, 3.63) is 59.2 Å². The third-order valence-corrected chi connectivity index (χ3v) is 8.68. The molecule has 11 nitrogen and oxygen atoms in total. The number of nitrogens with two attached hydrogens (primary N) is 1. The average Bonchev–Trinajstić information content (AvgIpc) is 2.96. The third kappa shape index (κ3) is 7.57. The van der Waals surface area contributed by atoms with Gasteiger partial charge >= 0.3 is 0 Å². The monoisotopic (exact) mass is 600 g/mol. The first-order chi connectivity index (χ1) is 19.7. The first kappa shape index (κ1) is 29.3. The highest BCUT2D eigenvalue weighted by Gasteiger charge is 2.27. The average molecular weight is 601 g/mol. The molecule has 0 aliphatic carbocycles. The van der Waals surface area contributed by atoms with Crippen molar-refractivity contribution in [2.75, 3.05) is 69.0 Å². The van der Waals surface area contributed by atoms with Gasteiger partial charge in [0, 0.05) is 49.7 Å². The van der Waals surface area contributed by atoms with Gasteiger partial charge in [0.15, 0.2) is 5.82 Å². The maximum Gasteiger partial charge on any atom is 0.229 e. The zero-order chi connectivity index (χ0) is 29.0. The molecular weight excluding hydrogens is 564 g/mol. The van der Waals surface area contributed by atoms with Gasteiger partial charge < -0.3 is 25.2 Å². The predicted octanol–water partition coefficient (Wildman–Crippen LogP) is 3.63. The summed E-state index contributed by atoms with van der Waals surface area (Å²) in [6.45, 7) is 6.43. The normalized spacial score (nSPS) is 17.4. The van der Waals surface area contributed by atoms with Crippen LogP contribution in [0.15, 0.2) is 48.7 Å². The van der Waals surface area contributed by atoms with Gasteiger partial charge in [0.2, 0.25) is 16.0 Å². The number of methoxy groups -OCH3 is 1. The van der Waals surface area contributed by atoms with Crippen molar-refractivity contribution < 1.29 is 13.2 Å². The lowest BCUT2D eigenvalue weighted by molar-refractivity contribution is 0.115. The second kappa shape index (κ2) is 12.8. The summed E-state index contributed by atoms with van der Waals surface area (Å²) in [5.41, 5.74) is 2.86. The van der Waals surface area contributed by atoms with Gasteiger partial charge in [0.25, 0.3) is 0 Å². The highest BCUT2D eigenvalue weighted by atomic mass is 35.5. The Morgan fingerprint density at radius 1 is 1.02 bits per heavy atom. The van der Waals surface area contributed by atoms with E-state index in [9.17, 15) is 8.42 Å². The van der Waals surface area contributed by atoms with Crippen LogP contribution in [0.25, 0.3) is 0 Å². The van der Waals surface area contributed by atoms with Gasteiger partial charge in [0.05, 0.1) is 24.7 Å². The SMILES string of the molecule is COc1cc(N2CCN(C3CCN(C)CC3)CC2)ccc1Nc1ncc(Cl)c(Nc2ccccc2CS(N)(=O)=O)n1. The van der Waals surface area contributed by atoms with Crippen LogP contribution in [0, 0.1) is 0 Å². The van der Waals surface area contributed by atoms with Gasteiger partial charge in [-0.15, -0.1) is 0 Å². The number of ether oxygens (including phenoxy) is 1. The fourth-order valence-electron chi connectivity index (χ4n) is 5.43. The maximum absolute atomic E-state index is 11.7. The van der Waals surface area contributed by atoms with Crippen LogP contribution in [0.1, 0.15) is 18.4 Å². The van der Waals surface area contributed by atoms with Crippen LogP contribution in [0.2, 0.25) is 5.02 Å². The molecule has 0 radical (unpaired) electrons. The summed E-state index contributed by atoms with van der Waals surface area (Å²) in [4.78, 5) is 16.3. The number of piperazine rings is 1. The third-order valence-electron chi connectivity index (χ3n) is 7.69. The molecule has 4 N–H and O–H groups in total. The molecule has 3 aromatic rings. The van der Waals surface area contributed by atoms with Crippen molar-refractivity contribution in [2.45, 2.75) is 24.6 Å². The summed E-state index contributed by atoms with van der Waals surface area (Å²) >= 11 is 6.37. The lowest BCUT2D eigenvalue weighted by Gasteiger charge is -2.43. The molecule has 220 valence electrons. The van der Waals surface area contributed by atoms with E-state index in [-0.39, 0.29) is 10.8 Å². The van der Waals surface area contributed by atoms with E-state index >= 15 is 0 Å². The van der Waals surface area contributed by atoms with E-state index in [0.29, 0.717) is 40.5 Å². The molecule has 0 amide bonds.